The Morgan fingerprint density at radius 1 is 1.16 bits per heavy atom. The van der Waals surface area contributed by atoms with Crippen LogP contribution in [0.5, 0.6) is 11.5 Å². The van der Waals surface area contributed by atoms with E-state index in [2.05, 4.69) is 15.2 Å². The molecular formula is C21H21F2N5O4. The molecule has 4 heterocycles. The number of hydrogen-bond acceptors (Lipinski definition) is 6. The number of amides is 2. The fourth-order valence-corrected chi connectivity index (χ4v) is 4.34. The fraction of sp³-hybridized carbons (Fsp3) is 0.381. The van der Waals surface area contributed by atoms with Crippen LogP contribution in [0.4, 0.5) is 25.0 Å². The van der Waals surface area contributed by atoms with Gasteiger partial charge in [0.1, 0.15) is 5.69 Å². The summed E-state index contributed by atoms with van der Waals surface area (Å²) in [7, 11) is 2.52. The molecule has 2 aromatic heterocycles. The first-order valence-corrected chi connectivity index (χ1v) is 10.1. The summed E-state index contributed by atoms with van der Waals surface area (Å²) in [6.45, 7) is 0.826. The maximum atomic E-state index is 15.3. The van der Waals surface area contributed by atoms with Crippen molar-refractivity contribution in [3.8, 4) is 11.5 Å². The number of benzene rings is 1. The fourth-order valence-electron chi connectivity index (χ4n) is 4.34. The van der Waals surface area contributed by atoms with Crippen molar-refractivity contribution in [2.45, 2.75) is 25.4 Å². The smallest absolute Gasteiger partial charge is 0.329 e. The summed E-state index contributed by atoms with van der Waals surface area (Å²) in [6.07, 6.45) is 4.63. The largest absolute Gasteiger partial charge is 0.493 e. The van der Waals surface area contributed by atoms with Crippen LogP contribution in [-0.4, -0.2) is 54.7 Å². The van der Waals surface area contributed by atoms with Crippen molar-refractivity contribution in [1.82, 2.24) is 15.2 Å². The number of ether oxygens (including phenoxy) is 3. The predicted molar refractivity (Wildman–Crippen MR) is 111 cm³/mol. The number of aromatic nitrogens is 3. The molecular weight excluding hydrogens is 424 g/mol. The Hall–Kier alpha value is -3.47. The zero-order valence-corrected chi connectivity index (χ0v) is 17.5. The van der Waals surface area contributed by atoms with Crippen LogP contribution in [0.1, 0.15) is 18.4 Å². The number of halogens is 2. The Kier molecular flexibility index (Phi) is 5.04. The molecule has 0 radical (unpaired) electrons. The van der Waals surface area contributed by atoms with Crippen molar-refractivity contribution in [2.24, 2.45) is 0 Å². The van der Waals surface area contributed by atoms with E-state index < -0.39 is 23.4 Å². The molecule has 32 heavy (non-hydrogen) atoms. The van der Waals surface area contributed by atoms with Crippen molar-refractivity contribution in [3.05, 3.63) is 35.7 Å². The number of H-pyrrole nitrogens is 1. The molecule has 1 N–H and O–H groups in total. The summed E-state index contributed by atoms with van der Waals surface area (Å²) in [5, 5.41) is 7.50. The summed E-state index contributed by atoms with van der Waals surface area (Å²) in [5.74, 6) is -2.43. The quantitative estimate of drug-likeness (QED) is 0.662. The van der Waals surface area contributed by atoms with Crippen LogP contribution in [0, 0.1) is 11.6 Å². The van der Waals surface area contributed by atoms with Crippen LogP contribution in [-0.2, 0) is 11.3 Å². The van der Waals surface area contributed by atoms with E-state index in [1.165, 1.54) is 14.2 Å². The number of nitrogens with zero attached hydrogens (tertiary/aromatic N) is 4. The van der Waals surface area contributed by atoms with Gasteiger partial charge in [0, 0.05) is 24.4 Å². The monoisotopic (exact) mass is 445 g/mol. The van der Waals surface area contributed by atoms with Gasteiger partial charge in [0.05, 0.1) is 50.7 Å². The van der Waals surface area contributed by atoms with E-state index in [0.29, 0.717) is 41.9 Å². The molecule has 9 nitrogen and oxygen atoms in total. The molecule has 1 aromatic carbocycles. The highest BCUT2D eigenvalue weighted by Gasteiger charge is 2.41. The first kappa shape index (κ1) is 20.4. The van der Waals surface area contributed by atoms with E-state index in [1.54, 1.807) is 17.3 Å². The number of rotatable bonds is 4. The number of nitrogens with one attached hydrogen (secondary N) is 1. The standard InChI is InChI=1S/C21H21F2N5O4/c1-30-14-6-15(31-2)17(23)19(16(14)22)27-9-11-7-24-20-13(8-25-26-20)18(11)28(21(27)29)12-4-3-5-32-10-12/h6-8,12H,3-5,9-10H2,1-2H3,(H,24,25,26). The summed E-state index contributed by atoms with van der Waals surface area (Å²) in [5.41, 5.74) is 1.24. The minimum atomic E-state index is -0.986. The van der Waals surface area contributed by atoms with Gasteiger partial charge in [0.2, 0.25) is 0 Å². The Labute approximate surface area is 181 Å². The molecule has 2 amide bonds. The molecule has 1 fully saturated rings. The molecule has 2 aliphatic rings. The van der Waals surface area contributed by atoms with Gasteiger partial charge in [-0.15, -0.1) is 0 Å². The van der Waals surface area contributed by atoms with Crippen LogP contribution in [0.25, 0.3) is 11.0 Å². The van der Waals surface area contributed by atoms with Gasteiger partial charge >= 0.3 is 6.03 Å². The Bertz CT molecular complexity index is 1170. The van der Waals surface area contributed by atoms with E-state index in [1.807, 2.05) is 0 Å². The Balaban J connectivity index is 1.71. The normalized spacial score (nSPS) is 18.8. The number of methoxy groups -OCH3 is 2. The number of anilines is 2. The molecule has 3 aromatic rings. The van der Waals surface area contributed by atoms with E-state index >= 15 is 8.78 Å². The van der Waals surface area contributed by atoms with Gasteiger partial charge in [-0.25, -0.2) is 18.6 Å². The van der Waals surface area contributed by atoms with Gasteiger partial charge in [-0.2, -0.15) is 5.10 Å². The van der Waals surface area contributed by atoms with Crippen molar-refractivity contribution in [1.29, 1.82) is 0 Å². The molecule has 11 heteroatoms. The van der Waals surface area contributed by atoms with E-state index in [0.717, 1.165) is 17.4 Å². The summed E-state index contributed by atoms with van der Waals surface area (Å²) < 4.78 is 46.3. The number of carbonyl (C=O) groups excluding carboxylic acids is 1. The number of carbonyl (C=O) groups is 1. The lowest BCUT2D eigenvalue weighted by Crippen LogP contribution is -2.54. The van der Waals surface area contributed by atoms with Gasteiger partial charge < -0.3 is 14.2 Å². The van der Waals surface area contributed by atoms with Gasteiger partial charge in [0.15, 0.2) is 28.8 Å². The van der Waals surface area contributed by atoms with Crippen LogP contribution in [0.3, 0.4) is 0 Å². The second kappa shape index (κ2) is 7.90. The lowest BCUT2D eigenvalue weighted by molar-refractivity contribution is 0.0807. The molecule has 2 aliphatic heterocycles. The average molecular weight is 445 g/mol. The molecule has 1 atom stereocenters. The van der Waals surface area contributed by atoms with E-state index in [4.69, 9.17) is 14.2 Å². The zero-order chi connectivity index (χ0) is 22.4. The molecule has 0 spiro atoms. The van der Waals surface area contributed by atoms with Gasteiger partial charge in [-0.3, -0.25) is 14.9 Å². The third-order valence-electron chi connectivity index (χ3n) is 5.86. The molecule has 0 bridgehead atoms. The van der Waals surface area contributed by atoms with Crippen LogP contribution in [0.2, 0.25) is 0 Å². The summed E-state index contributed by atoms with van der Waals surface area (Å²) in [6, 6.07) is 0.228. The van der Waals surface area contributed by atoms with E-state index in [9.17, 15) is 4.79 Å². The third-order valence-corrected chi connectivity index (χ3v) is 5.86. The number of aromatic amines is 1. The maximum Gasteiger partial charge on any atom is 0.329 e. The first-order valence-electron chi connectivity index (χ1n) is 10.1. The topological polar surface area (TPSA) is 92.8 Å². The maximum absolute atomic E-state index is 15.3. The molecule has 0 aliphatic carbocycles. The highest BCUT2D eigenvalue weighted by molar-refractivity contribution is 6.11. The van der Waals surface area contributed by atoms with Crippen molar-refractivity contribution < 1.29 is 27.8 Å². The minimum Gasteiger partial charge on any atom is -0.493 e. The lowest BCUT2D eigenvalue weighted by Gasteiger charge is -2.42. The molecule has 5 rings (SSSR count). The number of pyridine rings is 1. The van der Waals surface area contributed by atoms with Gasteiger partial charge in [0.25, 0.3) is 0 Å². The third kappa shape index (κ3) is 3.03. The minimum absolute atomic E-state index is 0.0868. The SMILES string of the molecule is COc1cc(OC)c(F)c(N2Cc3cnc4[nH]ncc4c3N(C3CCCOC3)C2=O)c1F. The zero-order valence-electron chi connectivity index (χ0n) is 17.5. The van der Waals surface area contributed by atoms with Crippen molar-refractivity contribution in [2.75, 3.05) is 37.2 Å². The van der Waals surface area contributed by atoms with Crippen LogP contribution in [0.15, 0.2) is 18.5 Å². The Morgan fingerprint density at radius 3 is 2.56 bits per heavy atom. The lowest BCUT2D eigenvalue weighted by atomic mass is 10.0. The van der Waals surface area contributed by atoms with Crippen molar-refractivity contribution >= 4 is 28.4 Å². The summed E-state index contributed by atoms with van der Waals surface area (Å²) in [4.78, 5) is 20.7. The second-order valence-electron chi connectivity index (χ2n) is 7.63. The Morgan fingerprint density at radius 2 is 1.91 bits per heavy atom. The number of hydrogen-bond donors (Lipinski definition) is 1. The number of urea groups is 1. The summed E-state index contributed by atoms with van der Waals surface area (Å²) >= 11 is 0. The van der Waals surface area contributed by atoms with Crippen molar-refractivity contribution in [3.63, 3.8) is 0 Å². The molecule has 0 saturated carbocycles. The molecule has 1 unspecified atom stereocenters. The van der Waals surface area contributed by atoms with Crippen LogP contribution < -0.4 is 19.3 Å². The highest BCUT2D eigenvalue weighted by Crippen LogP contribution is 2.43. The van der Waals surface area contributed by atoms with Crippen LogP contribution >= 0.6 is 0 Å². The number of fused-ring (bicyclic) bond motifs is 3. The first-order chi connectivity index (χ1) is 15.5. The van der Waals surface area contributed by atoms with Gasteiger partial charge in [-0.1, -0.05) is 0 Å². The average Bonchev–Trinajstić information content (AvgIpc) is 3.29. The van der Waals surface area contributed by atoms with E-state index in [-0.39, 0.29) is 24.1 Å². The predicted octanol–water partition coefficient (Wildman–Crippen LogP) is 3.38. The molecule has 168 valence electrons. The van der Waals surface area contributed by atoms with Gasteiger partial charge in [-0.05, 0) is 12.8 Å². The second-order valence-corrected chi connectivity index (χ2v) is 7.63. The highest BCUT2D eigenvalue weighted by atomic mass is 19.1. The molecule has 1 saturated heterocycles.